The van der Waals surface area contributed by atoms with E-state index in [2.05, 4.69) is 20.8 Å². The molecule has 1 unspecified atom stereocenters. The molecule has 0 amide bonds. The van der Waals surface area contributed by atoms with E-state index in [1.165, 1.54) is 6.07 Å². The zero-order chi connectivity index (χ0) is 12.8. The number of ether oxygens (including phenoxy) is 1. The van der Waals surface area contributed by atoms with Gasteiger partial charge in [-0.1, -0.05) is 33.6 Å². The quantitative estimate of drug-likeness (QED) is 0.744. The lowest BCUT2D eigenvalue weighted by Crippen LogP contribution is -2.28. The third kappa shape index (κ3) is 5.34. The van der Waals surface area contributed by atoms with Crippen LogP contribution in [0.4, 0.5) is 4.39 Å². The first-order valence-electron chi connectivity index (χ1n) is 5.28. The fourth-order valence-electron chi connectivity index (χ4n) is 1.59. The maximum atomic E-state index is 13.2. The Kier molecular flexibility index (Phi) is 6.41. The molecular weight excluding hydrogens is 308 g/mol. The molecule has 0 N–H and O–H groups in total. The number of halogens is 3. The van der Waals surface area contributed by atoms with Crippen LogP contribution in [0.2, 0.25) is 5.02 Å². The molecule has 0 aliphatic rings. The second kappa shape index (κ2) is 7.31. The number of alkyl halides is 1. The first-order chi connectivity index (χ1) is 8.02. The molecule has 1 aromatic rings. The minimum atomic E-state index is -0.371. The largest absolute Gasteiger partial charge is 0.383 e. The van der Waals surface area contributed by atoms with E-state index in [0.717, 1.165) is 12.1 Å². The molecule has 17 heavy (non-hydrogen) atoms. The van der Waals surface area contributed by atoms with Gasteiger partial charge in [-0.05, 0) is 24.7 Å². The molecule has 0 fully saturated rings. The monoisotopic (exact) mass is 323 g/mol. The smallest absolute Gasteiger partial charge is 0.142 e. The van der Waals surface area contributed by atoms with Crippen LogP contribution in [0.3, 0.4) is 0 Å². The lowest BCUT2D eigenvalue weighted by atomic mass is 10.2. The van der Waals surface area contributed by atoms with Crippen LogP contribution in [0.5, 0.6) is 0 Å². The zero-order valence-electron chi connectivity index (χ0n) is 9.92. The van der Waals surface area contributed by atoms with Gasteiger partial charge in [0.1, 0.15) is 5.82 Å². The van der Waals surface area contributed by atoms with E-state index in [0.29, 0.717) is 13.2 Å². The van der Waals surface area contributed by atoms with Crippen LogP contribution in [0.25, 0.3) is 0 Å². The van der Waals surface area contributed by atoms with E-state index in [9.17, 15) is 4.39 Å². The Hall–Kier alpha value is -0.160. The molecule has 0 saturated heterocycles. The summed E-state index contributed by atoms with van der Waals surface area (Å²) in [5, 5.41) is 0.161. The summed E-state index contributed by atoms with van der Waals surface area (Å²) in [5.74, 6) is -0.371. The Morgan fingerprint density at radius 2 is 2.24 bits per heavy atom. The van der Waals surface area contributed by atoms with Crippen molar-refractivity contribution >= 4 is 27.5 Å². The first kappa shape index (κ1) is 14.9. The molecule has 1 rings (SSSR count). The lowest BCUT2D eigenvalue weighted by molar-refractivity contribution is 0.185. The predicted molar refractivity (Wildman–Crippen MR) is 72.3 cm³/mol. The summed E-state index contributed by atoms with van der Waals surface area (Å²) in [6.07, 6.45) is 0. The van der Waals surface area contributed by atoms with Gasteiger partial charge in [0.05, 0.1) is 16.5 Å². The number of rotatable bonds is 6. The van der Waals surface area contributed by atoms with Crippen molar-refractivity contribution in [2.75, 3.05) is 27.3 Å². The van der Waals surface area contributed by atoms with Gasteiger partial charge in [0.25, 0.3) is 0 Å². The van der Waals surface area contributed by atoms with Crippen LogP contribution >= 0.6 is 27.5 Å². The molecular formula is C12H16BrClFNO. The lowest BCUT2D eigenvalue weighted by Gasteiger charge is -2.20. The summed E-state index contributed by atoms with van der Waals surface area (Å²) in [6, 6.07) is 4.89. The highest BCUT2D eigenvalue weighted by Gasteiger charge is 2.09. The summed E-state index contributed by atoms with van der Waals surface area (Å²) in [5.41, 5.74) is 0.909. The SMILES string of the molecule is COCC(Br)CN(C)Cc1ccc(Cl)c(F)c1. The van der Waals surface area contributed by atoms with E-state index in [1.54, 1.807) is 13.2 Å². The summed E-state index contributed by atoms with van der Waals surface area (Å²) in [6.45, 7) is 2.16. The topological polar surface area (TPSA) is 12.5 Å². The highest BCUT2D eigenvalue weighted by atomic mass is 79.9. The van der Waals surface area contributed by atoms with Gasteiger partial charge >= 0.3 is 0 Å². The Morgan fingerprint density at radius 1 is 1.53 bits per heavy atom. The molecule has 5 heteroatoms. The Labute approximate surface area is 115 Å². The maximum Gasteiger partial charge on any atom is 0.142 e. The summed E-state index contributed by atoms with van der Waals surface area (Å²) >= 11 is 9.15. The average molecular weight is 325 g/mol. The molecule has 2 nitrogen and oxygen atoms in total. The van der Waals surface area contributed by atoms with E-state index in [4.69, 9.17) is 16.3 Å². The molecule has 0 radical (unpaired) electrons. The fourth-order valence-corrected chi connectivity index (χ4v) is 2.46. The normalized spacial score (nSPS) is 13.1. The van der Waals surface area contributed by atoms with E-state index < -0.39 is 0 Å². The molecule has 0 bridgehead atoms. The van der Waals surface area contributed by atoms with Gasteiger partial charge in [-0.2, -0.15) is 0 Å². The van der Waals surface area contributed by atoms with E-state index >= 15 is 0 Å². The Balaban J connectivity index is 2.50. The van der Waals surface area contributed by atoms with Gasteiger partial charge < -0.3 is 9.64 Å². The average Bonchev–Trinajstić information content (AvgIpc) is 2.23. The molecule has 96 valence electrons. The molecule has 0 aliphatic carbocycles. The minimum absolute atomic E-state index is 0.161. The van der Waals surface area contributed by atoms with Crippen molar-refractivity contribution in [3.05, 3.63) is 34.6 Å². The van der Waals surface area contributed by atoms with Crippen molar-refractivity contribution in [3.63, 3.8) is 0 Å². The number of benzene rings is 1. The maximum absolute atomic E-state index is 13.2. The van der Waals surface area contributed by atoms with Gasteiger partial charge in [-0.25, -0.2) is 4.39 Å². The van der Waals surface area contributed by atoms with E-state index in [-0.39, 0.29) is 15.7 Å². The molecule has 0 heterocycles. The van der Waals surface area contributed by atoms with Crippen molar-refractivity contribution in [2.24, 2.45) is 0 Å². The standard InChI is InChI=1S/C12H16BrClFNO/c1-16(7-10(13)8-17-2)6-9-3-4-11(14)12(15)5-9/h3-5,10H,6-8H2,1-2H3. The van der Waals surface area contributed by atoms with Crippen molar-refractivity contribution in [1.29, 1.82) is 0 Å². The number of hydrogen-bond donors (Lipinski definition) is 0. The summed E-state index contributed by atoms with van der Waals surface area (Å²) in [7, 11) is 3.65. The highest BCUT2D eigenvalue weighted by molar-refractivity contribution is 9.09. The number of nitrogens with zero attached hydrogens (tertiary/aromatic N) is 1. The van der Waals surface area contributed by atoms with Gasteiger partial charge in [0, 0.05) is 20.2 Å². The van der Waals surface area contributed by atoms with Crippen molar-refractivity contribution in [3.8, 4) is 0 Å². The second-order valence-electron chi connectivity index (χ2n) is 4.00. The van der Waals surface area contributed by atoms with Crippen LogP contribution in [-0.2, 0) is 11.3 Å². The molecule has 0 spiro atoms. The third-order valence-electron chi connectivity index (χ3n) is 2.29. The zero-order valence-corrected chi connectivity index (χ0v) is 12.3. The van der Waals surface area contributed by atoms with Crippen LogP contribution < -0.4 is 0 Å². The fraction of sp³-hybridized carbons (Fsp3) is 0.500. The molecule has 0 aliphatic heterocycles. The Morgan fingerprint density at radius 3 is 2.82 bits per heavy atom. The number of methoxy groups -OCH3 is 1. The van der Waals surface area contributed by atoms with Crippen LogP contribution in [0.1, 0.15) is 5.56 Å². The predicted octanol–water partition coefficient (Wildman–Crippen LogP) is 3.32. The molecule has 0 aromatic heterocycles. The van der Waals surface area contributed by atoms with Gasteiger partial charge in [0.2, 0.25) is 0 Å². The minimum Gasteiger partial charge on any atom is -0.383 e. The van der Waals surface area contributed by atoms with Gasteiger partial charge in [0.15, 0.2) is 0 Å². The van der Waals surface area contributed by atoms with Crippen molar-refractivity contribution < 1.29 is 9.13 Å². The Bertz CT molecular complexity index is 364. The molecule has 1 atom stereocenters. The molecule has 1 aromatic carbocycles. The number of hydrogen-bond acceptors (Lipinski definition) is 2. The highest BCUT2D eigenvalue weighted by Crippen LogP contribution is 2.16. The van der Waals surface area contributed by atoms with Gasteiger partial charge in [-0.15, -0.1) is 0 Å². The van der Waals surface area contributed by atoms with Crippen LogP contribution in [0.15, 0.2) is 18.2 Å². The van der Waals surface area contributed by atoms with Crippen molar-refractivity contribution in [2.45, 2.75) is 11.4 Å². The van der Waals surface area contributed by atoms with Crippen LogP contribution in [0, 0.1) is 5.82 Å². The summed E-state index contributed by atoms with van der Waals surface area (Å²) in [4.78, 5) is 2.37. The second-order valence-corrected chi connectivity index (χ2v) is 5.70. The van der Waals surface area contributed by atoms with E-state index in [1.807, 2.05) is 13.1 Å². The molecule has 0 saturated carbocycles. The summed E-state index contributed by atoms with van der Waals surface area (Å²) < 4.78 is 18.3. The third-order valence-corrected chi connectivity index (χ3v) is 3.15. The van der Waals surface area contributed by atoms with Gasteiger partial charge in [-0.3, -0.25) is 0 Å². The van der Waals surface area contributed by atoms with Crippen LogP contribution in [-0.4, -0.2) is 37.0 Å². The van der Waals surface area contributed by atoms with Crippen molar-refractivity contribution in [1.82, 2.24) is 4.90 Å². The first-order valence-corrected chi connectivity index (χ1v) is 6.57.